The summed E-state index contributed by atoms with van der Waals surface area (Å²) < 4.78 is 0. The van der Waals surface area contributed by atoms with Crippen molar-refractivity contribution in [2.45, 2.75) is 29.9 Å². The lowest BCUT2D eigenvalue weighted by Crippen LogP contribution is -2.36. The fourth-order valence-electron chi connectivity index (χ4n) is 3.88. The molecule has 4 N–H and O–H groups in total. The van der Waals surface area contributed by atoms with Gasteiger partial charge in [0.1, 0.15) is 5.84 Å². The second-order valence-electron chi connectivity index (χ2n) is 8.62. The van der Waals surface area contributed by atoms with Crippen LogP contribution in [-0.4, -0.2) is 51.0 Å². The highest BCUT2D eigenvalue weighted by Gasteiger charge is 2.28. The maximum atomic E-state index is 13.0. The molecule has 11 nitrogen and oxygen atoms in total. The minimum absolute atomic E-state index is 0.0327. The van der Waals surface area contributed by atoms with Crippen molar-refractivity contribution in [2.24, 2.45) is 5.10 Å². The highest BCUT2D eigenvalue weighted by molar-refractivity contribution is 8.00. The molecule has 3 aromatic rings. The molecule has 1 aliphatic rings. The molecule has 0 aliphatic carbocycles. The van der Waals surface area contributed by atoms with E-state index in [9.17, 15) is 29.1 Å². The first-order valence-corrected chi connectivity index (χ1v) is 13.0. The van der Waals surface area contributed by atoms with Crippen LogP contribution in [0, 0.1) is 0 Å². The van der Waals surface area contributed by atoms with Crippen molar-refractivity contribution in [2.75, 3.05) is 10.3 Å². The molecule has 0 fully saturated rings. The quantitative estimate of drug-likeness (QED) is 0.284. The van der Waals surface area contributed by atoms with Crippen LogP contribution in [0.25, 0.3) is 0 Å². The Morgan fingerprint density at radius 2 is 1.68 bits per heavy atom. The monoisotopic (exact) mass is 560 g/mol. The van der Waals surface area contributed by atoms with Gasteiger partial charge >= 0.3 is 11.9 Å². The molecular formula is C28H24N4O7S. The van der Waals surface area contributed by atoms with Crippen LogP contribution in [0.4, 0.5) is 11.4 Å². The van der Waals surface area contributed by atoms with Gasteiger partial charge in [-0.2, -0.15) is 10.1 Å². The predicted molar refractivity (Wildman–Crippen MR) is 149 cm³/mol. The number of thioether (sulfide) groups is 1. The number of carbonyl (C=O) groups is 5. The number of hydrogen-bond donors (Lipinski definition) is 4. The summed E-state index contributed by atoms with van der Waals surface area (Å²) >= 11 is 1.25. The molecule has 1 heterocycles. The van der Waals surface area contributed by atoms with Gasteiger partial charge in [0.2, 0.25) is 5.91 Å². The van der Waals surface area contributed by atoms with E-state index in [1.807, 2.05) is 13.0 Å². The molecule has 1 unspecified atom stereocenters. The van der Waals surface area contributed by atoms with Gasteiger partial charge in [0, 0.05) is 10.6 Å². The van der Waals surface area contributed by atoms with Crippen molar-refractivity contribution in [1.82, 2.24) is 5.32 Å². The van der Waals surface area contributed by atoms with E-state index < -0.39 is 28.7 Å². The van der Waals surface area contributed by atoms with E-state index >= 15 is 0 Å². The van der Waals surface area contributed by atoms with Crippen molar-refractivity contribution in [3.05, 3.63) is 89.5 Å². The average molecular weight is 561 g/mol. The molecule has 3 aromatic carbocycles. The molecule has 0 saturated heterocycles. The van der Waals surface area contributed by atoms with E-state index in [-0.39, 0.29) is 35.2 Å². The van der Waals surface area contributed by atoms with Crippen LogP contribution in [0.15, 0.2) is 82.8 Å². The number of benzene rings is 3. The minimum Gasteiger partial charge on any atom is -0.478 e. The first-order valence-electron chi connectivity index (χ1n) is 12.1. The number of hydrazone groups is 1. The SMILES string of the molecule is CCC(Sc1cccc(NC(=O)c2ccc(C(=O)O)cc2C(=O)O)c1)C(=O)NC1=NN(c2ccccc2)C(=O)C1. The maximum absolute atomic E-state index is 13.0. The van der Waals surface area contributed by atoms with Crippen molar-refractivity contribution in [3.63, 3.8) is 0 Å². The van der Waals surface area contributed by atoms with Gasteiger partial charge in [-0.05, 0) is 55.0 Å². The number of rotatable bonds is 9. The predicted octanol–water partition coefficient (Wildman–Crippen LogP) is 4.07. The topological polar surface area (TPSA) is 165 Å². The average Bonchev–Trinajstić information content (AvgIpc) is 3.31. The van der Waals surface area contributed by atoms with Crippen LogP contribution in [-0.2, 0) is 9.59 Å². The van der Waals surface area contributed by atoms with Crippen LogP contribution in [0.1, 0.15) is 50.8 Å². The number of amides is 3. The standard InChI is InChI=1S/C28H24N4O7S/c1-2-22(26(35)30-23-15-24(33)32(31-23)18-8-4-3-5-9-18)40-19-10-6-7-17(14-19)29-25(34)20-12-11-16(27(36)37)13-21(20)28(38)39/h3-14,22H,2,15H2,1H3,(H,29,34)(H,36,37)(H,38,39)(H,30,31,35). The third kappa shape index (κ3) is 6.53. The number of para-hydroxylation sites is 1. The van der Waals surface area contributed by atoms with E-state index in [0.29, 0.717) is 22.7 Å². The molecule has 0 saturated carbocycles. The number of hydrogen-bond acceptors (Lipinski definition) is 7. The van der Waals surface area contributed by atoms with Crippen LogP contribution < -0.4 is 15.6 Å². The van der Waals surface area contributed by atoms with Gasteiger partial charge in [0.05, 0.1) is 34.0 Å². The van der Waals surface area contributed by atoms with Gasteiger partial charge in [-0.25, -0.2) is 9.59 Å². The Bertz CT molecular complexity index is 1520. The summed E-state index contributed by atoms with van der Waals surface area (Å²) in [5, 5.41) is 28.9. The number of nitrogens with one attached hydrogen (secondary N) is 2. The number of aromatic carboxylic acids is 2. The van der Waals surface area contributed by atoms with Gasteiger partial charge in [0.15, 0.2) is 0 Å². The highest BCUT2D eigenvalue weighted by atomic mass is 32.2. The van der Waals surface area contributed by atoms with Crippen LogP contribution in [0.2, 0.25) is 0 Å². The van der Waals surface area contributed by atoms with Crippen molar-refractivity contribution in [3.8, 4) is 0 Å². The third-order valence-electron chi connectivity index (χ3n) is 5.82. The Balaban J connectivity index is 1.43. The van der Waals surface area contributed by atoms with E-state index in [1.165, 1.54) is 16.8 Å². The summed E-state index contributed by atoms with van der Waals surface area (Å²) in [5.74, 6) is -3.80. The molecule has 1 aliphatic heterocycles. The number of amidine groups is 1. The fourth-order valence-corrected chi connectivity index (χ4v) is 4.89. The summed E-state index contributed by atoms with van der Waals surface area (Å²) in [7, 11) is 0. The molecule has 1 atom stereocenters. The van der Waals surface area contributed by atoms with E-state index in [2.05, 4.69) is 15.7 Å². The normalized spacial score (nSPS) is 13.4. The molecule has 40 heavy (non-hydrogen) atoms. The fraction of sp³-hybridized carbons (Fsp3) is 0.143. The van der Waals surface area contributed by atoms with Gasteiger partial charge in [-0.1, -0.05) is 31.2 Å². The van der Waals surface area contributed by atoms with Gasteiger partial charge in [-0.3, -0.25) is 14.4 Å². The van der Waals surface area contributed by atoms with E-state index in [0.717, 1.165) is 18.2 Å². The third-order valence-corrected chi connectivity index (χ3v) is 7.18. The number of carboxylic acids is 2. The largest absolute Gasteiger partial charge is 0.478 e. The lowest BCUT2D eigenvalue weighted by Gasteiger charge is -2.15. The van der Waals surface area contributed by atoms with Crippen molar-refractivity contribution < 1.29 is 34.2 Å². The van der Waals surface area contributed by atoms with Crippen LogP contribution in [0.3, 0.4) is 0 Å². The first-order chi connectivity index (χ1) is 19.2. The molecule has 0 radical (unpaired) electrons. The van der Waals surface area contributed by atoms with E-state index in [1.54, 1.807) is 48.5 Å². The zero-order chi connectivity index (χ0) is 28.8. The van der Waals surface area contributed by atoms with Gasteiger partial charge < -0.3 is 20.8 Å². The molecule has 0 spiro atoms. The summed E-state index contributed by atoms with van der Waals surface area (Å²) in [6, 6.07) is 18.8. The Morgan fingerprint density at radius 3 is 2.35 bits per heavy atom. The molecule has 0 bridgehead atoms. The minimum atomic E-state index is -1.44. The Labute approximate surface area is 232 Å². The number of nitrogens with zero attached hydrogens (tertiary/aromatic N) is 2. The van der Waals surface area contributed by atoms with Crippen LogP contribution >= 0.6 is 11.8 Å². The first kappa shape index (κ1) is 28.0. The Hall–Kier alpha value is -4.97. The zero-order valence-corrected chi connectivity index (χ0v) is 22.0. The van der Waals surface area contributed by atoms with Crippen molar-refractivity contribution >= 4 is 58.6 Å². The summed E-state index contributed by atoms with van der Waals surface area (Å²) in [6.45, 7) is 1.84. The molecule has 3 amide bonds. The molecule has 204 valence electrons. The molecule has 0 aromatic heterocycles. The van der Waals surface area contributed by atoms with Crippen molar-refractivity contribution in [1.29, 1.82) is 0 Å². The number of anilines is 2. The maximum Gasteiger partial charge on any atom is 0.336 e. The Morgan fingerprint density at radius 1 is 0.925 bits per heavy atom. The van der Waals surface area contributed by atoms with Gasteiger partial charge in [0.25, 0.3) is 11.8 Å². The highest BCUT2D eigenvalue weighted by Crippen LogP contribution is 2.29. The zero-order valence-electron chi connectivity index (χ0n) is 21.2. The lowest BCUT2D eigenvalue weighted by atomic mass is 10.0. The summed E-state index contributed by atoms with van der Waals surface area (Å²) in [6.07, 6.45) is 0.434. The molecular weight excluding hydrogens is 536 g/mol. The smallest absolute Gasteiger partial charge is 0.336 e. The Kier molecular flexibility index (Phi) is 8.60. The summed E-state index contributed by atoms with van der Waals surface area (Å²) in [5.41, 5.74) is 0.0676. The summed E-state index contributed by atoms with van der Waals surface area (Å²) in [4.78, 5) is 61.7. The van der Waals surface area contributed by atoms with E-state index in [4.69, 9.17) is 5.11 Å². The van der Waals surface area contributed by atoms with Gasteiger partial charge in [-0.15, -0.1) is 11.8 Å². The van der Waals surface area contributed by atoms with Crippen LogP contribution in [0.5, 0.6) is 0 Å². The lowest BCUT2D eigenvalue weighted by molar-refractivity contribution is -0.119. The second kappa shape index (κ2) is 12.3. The second-order valence-corrected chi connectivity index (χ2v) is 9.90. The molecule has 4 rings (SSSR count). The number of carboxylic acid groups (broad SMARTS) is 2. The molecule has 12 heteroatoms. The number of carbonyl (C=O) groups excluding carboxylic acids is 3.